The zero-order valence-electron chi connectivity index (χ0n) is 15.6. The van der Waals surface area contributed by atoms with E-state index in [1.54, 1.807) is 32.9 Å². The van der Waals surface area contributed by atoms with Crippen molar-refractivity contribution in [3.05, 3.63) is 29.3 Å². The van der Waals surface area contributed by atoms with Gasteiger partial charge < -0.3 is 10.1 Å². The van der Waals surface area contributed by atoms with Crippen LogP contribution in [0.4, 0.5) is 4.79 Å². The van der Waals surface area contributed by atoms with Crippen molar-refractivity contribution < 1.29 is 18.5 Å². The van der Waals surface area contributed by atoms with Crippen LogP contribution in [-0.4, -0.2) is 27.9 Å². The molecule has 7 nitrogen and oxygen atoms in total. The first-order valence-corrected chi connectivity index (χ1v) is 10.1. The molecular weight excluding hydrogens is 378 g/mol. The molecule has 3 N–H and O–H groups in total. The standard InChI is InChI=1S/C17H26ClN3O4S/c1-11(2)9-14(20-16(23)25-17(3,4)5)15(22)21-26(19,24)13-8-6-7-12(18)10-13/h6-8,10-11,14H,9H2,1-5H3,(H,20,23)(H2,19,21,22,24)/t14-,26?/m0/s1. The first kappa shape index (κ1) is 22.4. The van der Waals surface area contributed by atoms with Crippen LogP contribution in [0.3, 0.4) is 0 Å². The Balaban J connectivity index is 3.08. The molecule has 0 radical (unpaired) electrons. The summed E-state index contributed by atoms with van der Waals surface area (Å²) in [6.07, 6.45) is -0.454. The topological polar surface area (TPSA) is 111 Å². The summed E-state index contributed by atoms with van der Waals surface area (Å²) in [7, 11) is -3.48. The van der Waals surface area contributed by atoms with Crippen molar-refractivity contribution >= 4 is 33.5 Å². The van der Waals surface area contributed by atoms with Crippen molar-refractivity contribution in [2.45, 2.75) is 57.6 Å². The monoisotopic (exact) mass is 403 g/mol. The smallest absolute Gasteiger partial charge is 0.408 e. The minimum atomic E-state index is -3.48. The summed E-state index contributed by atoms with van der Waals surface area (Å²) in [4.78, 5) is 24.7. The second-order valence-electron chi connectivity index (χ2n) is 7.28. The van der Waals surface area contributed by atoms with Gasteiger partial charge >= 0.3 is 6.09 Å². The van der Waals surface area contributed by atoms with Gasteiger partial charge in [0.2, 0.25) is 0 Å². The van der Waals surface area contributed by atoms with E-state index in [0.717, 1.165) is 0 Å². The molecule has 0 saturated carbocycles. The number of alkyl carbamates (subject to hydrolysis) is 1. The fourth-order valence-corrected chi connectivity index (χ4v) is 3.37. The summed E-state index contributed by atoms with van der Waals surface area (Å²) >= 11 is 5.87. The summed E-state index contributed by atoms with van der Waals surface area (Å²) < 4.78 is 21.5. The maximum Gasteiger partial charge on any atom is 0.408 e. The molecule has 26 heavy (non-hydrogen) atoms. The molecule has 1 aromatic carbocycles. The van der Waals surface area contributed by atoms with Crippen LogP contribution in [0.25, 0.3) is 0 Å². The number of benzene rings is 1. The van der Waals surface area contributed by atoms with Gasteiger partial charge in [-0.3, -0.25) is 4.79 Å². The van der Waals surface area contributed by atoms with Crippen molar-refractivity contribution in [1.82, 2.24) is 5.32 Å². The number of amides is 2. The zero-order chi connectivity index (χ0) is 20.1. The van der Waals surface area contributed by atoms with Crippen LogP contribution in [0, 0.1) is 5.92 Å². The third-order valence-corrected chi connectivity index (χ3v) is 4.67. The van der Waals surface area contributed by atoms with E-state index in [-0.39, 0.29) is 10.8 Å². The third-order valence-electron chi connectivity index (χ3n) is 3.06. The van der Waals surface area contributed by atoms with Gasteiger partial charge in [-0.2, -0.15) is 0 Å². The predicted octanol–water partition coefficient (Wildman–Crippen LogP) is 3.51. The quantitative estimate of drug-likeness (QED) is 0.783. The normalized spacial score (nSPS) is 15.1. The molecule has 0 saturated heterocycles. The Labute approximate surface area is 159 Å². The summed E-state index contributed by atoms with van der Waals surface area (Å²) in [6.45, 7) is 8.90. The molecule has 9 heteroatoms. The lowest BCUT2D eigenvalue weighted by Gasteiger charge is -2.23. The van der Waals surface area contributed by atoms with E-state index in [9.17, 15) is 13.8 Å². The van der Waals surface area contributed by atoms with Crippen molar-refractivity contribution in [1.29, 1.82) is 0 Å². The molecule has 2 atom stereocenters. The van der Waals surface area contributed by atoms with Gasteiger partial charge in [0.05, 0.1) is 4.90 Å². The first-order chi connectivity index (χ1) is 11.8. The van der Waals surface area contributed by atoms with Gasteiger partial charge in [0, 0.05) is 5.02 Å². The Morgan fingerprint density at radius 3 is 2.46 bits per heavy atom. The summed E-state index contributed by atoms with van der Waals surface area (Å²) in [6, 6.07) is 5.03. The number of nitrogens with one attached hydrogen (secondary N) is 1. The Kier molecular flexibility index (Phi) is 7.61. The van der Waals surface area contributed by atoms with Crippen LogP contribution in [0.15, 0.2) is 33.5 Å². The largest absolute Gasteiger partial charge is 0.444 e. The van der Waals surface area contributed by atoms with Crippen molar-refractivity contribution in [2.24, 2.45) is 15.4 Å². The molecule has 0 aromatic heterocycles. The number of carbonyl (C=O) groups excluding carboxylic acids is 2. The lowest BCUT2D eigenvalue weighted by molar-refractivity contribution is -0.120. The predicted molar refractivity (Wildman–Crippen MR) is 102 cm³/mol. The van der Waals surface area contributed by atoms with E-state index < -0.39 is 33.6 Å². The number of halogens is 1. The van der Waals surface area contributed by atoms with E-state index in [4.69, 9.17) is 21.5 Å². The fourth-order valence-electron chi connectivity index (χ4n) is 2.04. The second-order valence-corrected chi connectivity index (χ2v) is 9.51. The maximum absolute atomic E-state index is 12.6. The molecule has 0 aliphatic rings. The lowest BCUT2D eigenvalue weighted by Crippen LogP contribution is -2.44. The van der Waals surface area contributed by atoms with Crippen LogP contribution in [0.1, 0.15) is 41.0 Å². The van der Waals surface area contributed by atoms with Crippen LogP contribution in [0.2, 0.25) is 5.02 Å². The molecule has 1 aromatic rings. The van der Waals surface area contributed by atoms with Crippen LogP contribution < -0.4 is 10.5 Å². The Hall–Kier alpha value is -1.64. The number of hydrogen-bond acceptors (Lipinski definition) is 4. The molecule has 0 aliphatic carbocycles. The van der Waals surface area contributed by atoms with Crippen LogP contribution in [-0.2, 0) is 19.4 Å². The average molecular weight is 404 g/mol. The number of hydrogen-bond donors (Lipinski definition) is 2. The fraction of sp³-hybridized carbons (Fsp3) is 0.529. The third kappa shape index (κ3) is 7.72. The highest BCUT2D eigenvalue weighted by Gasteiger charge is 2.26. The number of nitrogens with zero attached hydrogens (tertiary/aromatic N) is 1. The molecule has 0 fully saturated rings. The van der Waals surface area contributed by atoms with Gasteiger partial charge in [-0.15, -0.1) is 4.36 Å². The molecule has 0 heterocycles. The molecule has 2 amide bonds. The van der Waals surface area contributed by atoms with Gasteiger partial charge in [-0.1, -0.05) is 31.5 Å². The van der Waals surface area contributed by atoms with Crippen molar-refractivity contribution in [3.63, 3.8) is 0 Å². The van der Waals surface area contributed by atoms with Gasteiger partial charge in [-0.05, 0) is 51.3 Å². The highest BCUT2D eigenvalue weighted by molar-refractivity contribution is 7.91. The van der Waals surface area contributed by atoms with Gasteiger partial charge in [0.1, 0.15) is 21.6 Å². The van der Waals surface area contributed by atoms with Crippen LogP contribution in [0.5, 0.6) is 0 Å². The Morgan fingerprint density at radius 2 is 1.96 bits per heavy atom. The van der Waals surface area contributed by atoms with Crippen molar-refractivity contribution in [2.75, 3.05) is 0 Å². The highest BCUT2D eigenvalue weighted by Crippen LogP contribution is 2.17. The van der Waals surface area contributed by atoms with E-state index in [1.165, 1.54) is 12.1 Å². The van der Waals surface area contributed by atoms with Gasteiger partial charge in [0.15, 0.2) is 0 Å². The molecule has 146 valence electrons. The van der Waals surface area contributed by atoms with E-state index >= 15 is 0 Å². The lowest BCUT2D eigenvalue weighted by atomic mass is 10.0. The SMILES string of the molecule is CC(C)C[C@H](NC(=O)OC(C)(C)C)C(=O)N=S(N)(=O)c1cccc(Cl)c1. The summed E-state index contributed by atoms with van der Waals surface area (Å²) in [5.74, 6) is -0.703. The average Bonchev–Trinajstić information content (AvgIpc) is 2.43. The second kappa shape index (κ2) is 8.83. The Morgan fingerprint density at radius 1 is 1.35 bits per heavy atom. The molecule has 0 bridgehead atoms. The minimum Gasteiger partial charge on any atom is -0.444 e. The van der Waals surface area contributed by atoms with Gasteiger partial charge in [-0.25, -0.2) is 14.1 Å². The first-order valence-electron chi connectivity index (χ1n) is 8.14. The zero-order valence-corrected chi connectivity index (χ0v) is 17.2. The highest BCUT2D eigenvalue weighted by atomic mass is 35.5. The van der Waals surface area contributed by atoms with E-state index in [2.05, 4.69) is 9.68 Å². The Bertz CT molecular complexity index is 780. The molecule has 0 spiro atoms. The number of ether oxygens (including phenoxy) is 1. The minimum absolute atomic E-state index is 0.0779. The van der Waals surface area contributed by atoms with E-state index in [1.807, 2.05) is 13.8 Å². The van der Waals surface area contributed by atoms with E-state index in [0.29, 0.717) is 11.4 Å². The van der Waals surface area contributed by atoms with Crippen molar-refractivity contribution in [3.8, 4) is 0 Å². The number of rotatable bonds is 5. The molecule has 1 rings (SSSR count). The number of carbonyl (C=O) groups is 2. The molecule has 1 unspecified atom stereocenters. The summed E-state index contributed by atoms with van der Waals surface area (Å²) in [5.41, 5.74) is -0.713. The summed E-state index contributed by atoms with van der Waals surface area (Å²) in [5, 5.41) is 8.55. The van der Waals surface area contributed by atoms with Gasteiger partial charge in [0.25, 0.3) is 5.91 Å². The van der Waals surface area contributed by atoms with Crippen LogP contribution >= 0.6 is 11.6 Å². The molecule has 0 aliphatic heterocycles. The molecular formula is C17H26ClN3O4S. The number of nitrogens with two attached hydrogens (primary N) is 1. The maximum atomic E-state index is 12.6.